The van der Waals surface area contributed by atoms with Crippen LogP contribution in [0.1, 0.15) is 42.5 Å². The van der Waals surface area contributed by atoms with Crippen LogP contribution in [0.4, 0.5) is 0 Å². The van der Waals surface area contributed by atoms with Gasteiger partial charge in [-0.2, -0.15) is 0 Å². The summed E-state index contributed by atoms with van der Waals surface area (Å²) in [7, 11) is 0. The summed E-state index contributed by atoms with van der Waals surface area (Å²) in [6.45, 7) is -0.712. The quantitative estimate of drug-likeness (QED) is 0.617. The lowest BCUT2D eigenvalue weighted by molar-refractivity contribution is -0.161. The fourth-order valence-corrected chi connectivity index (χ4v) is 4.18. The highest BCUT2D eigenvalue weighted by atomic mass is 16.5. The van der Waals surface area contributed by atoms with Crippen LogP contribution in [0.2, 0.25) is 0 Å². The molecule has 0 unspecified atom stereocenters. The lowest BCUT2D eigenvalue weighted by Crippen LogP contribution is -2.69. The summed E-state index contributed by atoms with van der Waals surface area (Å²) in [5, 5.41) is 3.05. The molecular formula is C20H21N3O5. The van der Waals surface area contributed by atoms with E-state index in [1.807, 2.05) is 18.2 Å². The predicted molar refractivity (Wildman–Crippen MR) is 99.3 cm³/mol. The standard InChI is InChI=1S/C20H21N3O5/c24-16-11-23(20(19(27)22-16)8-4-1-5-9-20)17(25)12-28-18(26)14-10-21-15-7-3-2-6-13(14)15/h2-3,6-7,10,21H,1,4-5,8-9,11-12H2,(H,22,24,27). The summed E-state index contributed by atoms with van der Waals surface area (Å²) >= 11 is 0. The fraction of sp³-hybridized carbons (Fsp3) is 0.400. The Morgan fingerprint density at radius 1 is 1.11 bits per heavy atom. The van der Waals surface area contributed by atoms with Crippen LogP contribution < -0.4 is 5.32 Å². The number of esters is 1. The molecule has 2 aliphatic rings. The second-order valence-corrected chi connectivity index (χ2v) is 7.27. The molecule has 1 saturated heterocycles. The fourth-order valence-electron chi connectivity index (χ4n) is 4.18. The molecule has 8 heteroatoms. The zero-order chi connectivity index (χ0) is 19.7. The van der Waals surface area contributed by atoms with Crippen LogP contribution in [0.5, 0.6) is 0 Å². The second kappa shape index (κ2) is 7.10. The minimum atomic E-state index is -1.02. The van der Waals surface area contributed by atoms with E-state index in [4.69, 9.17) is 4.74 Å². The first-order valence-electron chi connectivity index (χ1n) is 9.39. The van der Waals surface area contributed by atoms with Gasteiger partial charge in [-0.15, -0.1) is 0 Å². The van der Waals surface area contributed by atoms with Crippen molar-refractivity contribution in [1.82, 2.24) is 15.2 Å². The third kappa shape index (κ3) is 3.04. The smallest absolute Gasteiger partial charge is 0.340 e. The molecule has 4 rings (SSSR count). The van der Waals surface area contributed by atoms with E-state index in [0.29, 0.717) is 23.8 Å². The lowest BCUT2D eigenvalue weighted by atomic mass is 9.78. The molecule has 2 heterocycles. The van der Waals surface area contributed by atoms with E-state index in [0.717, 1.165) is 24.8 Å². The van der Waals surface area contributed by atoms with Gasteiger partial charge in [-0.1, -0.05) is 37.5 Å². The molecule has 2 fully saturated rings. The van der Waals surface area contributed by atoms with Crippen molar-refractivity contribution in [2.45, 2.75) is 37.6 Å². The van der Waals surface area contributed by atoms with Crippen molar-refractivity contribution < 1.29 is 23.9 Å². The van der Waals surface area contributed by atoms with E-state index in [1.165, 1.54) is 11.1 Å². The summed E-state index contributed by atoms with van der Waals surface area (Å²) in [5.74, 6) is -2.10. The molecule has 1 aliphatic carbocycles. The Hall–Kier alpha value is -3.16. The molecule has 2 aromatic rings. The molecule has 1 spiro atoms. The number of carbonyl (C=O) groups is 4. The van der Waals surface area contributed by atoms with Gasteiger partial charge in [-0.25, -0.2) is 4.79 Å². The zero-order valence-electron chi connectivity index (χ0n) is 15.3. The molecular weight excluding hydrogens is 362 g/mol. The van der Waals surface area contributed by atoms with Gasteiger partial charge in [-0.3, -0.25) is 19.7 Å². The van der Waals surface area contributed by atoms with Gasteiger partial charge in [-0.05, 0) is 18.9 Å². The average Bonchev–Trinajstić information content (AvgIpc) is 3.14. The third-order valence-corrected chi connectivity index (χ3v) is 5.61. The van der Waals surface area contributed by atoms with Crippen LogP contribution in [-0.4, -0.2) is 52.3 Å². The Morgan fingerprint density at radius 2 is 1.86 bits per heavy atom. The van der Waals surface area contributed by atoms with Crippen molar-refractivity contribution in [3.63, 3.8) is 0 Å². The first kappa shape index (κ1) is 18.2. The van der Waals surface area contributed by atoms with E-state index in [9.17, 15) is 19.2 Å². The highest BCUT2D eigenvalue weighted by Gasteiger charge is 2.51. The van der Waals surface area contributed by atoms with Crippen molar-refractivity contribution in [1.29, 1.82) is 0 Å². The number of carbonyl (C=O) groups excluding carboxylic acids is 4. The lowest BCUT2D eigenvalue weighted by Gasteiger charge is -2.47. The maximum Gasteiger partial charge on any atom is 0.340 e. The van der Waals surface area contributed by atoms with Crippen LogP contribution in [0.25, 0.3) is 10.9 Å². The Bertz CT molecular complexity index is 958. The van der Waals surface area contributed by atoms with Gasteiger partial charge in [0.05, 0.1) is 5.56 Å². The number of amides is 3. The maximum absolute atomic E-state index is 12.8. The number of hydrogen-bond donors (Lipinski definition) is 2. The van der Waals surface area contributed by atoms with Crippen LogP contribution in [0, 0.1) is 0 Å². The minimum Gasteiger partial charge on any atom is -0.452 e. The molecule has 3 amide bonds. The van der Waals surface area contributed by atoms with Crippen LogP contribution in [0.3, 0.4) is 0 Å². The molecule has 28 heavy (non-hydrogen) atoms. The molecule has 8 nitrogen and oxygen atoms in total. The SMILES string of the molecule is O=C1CN(C(=O)COC(=O)c2c[nH]c3ccccc23)C2(CCCCC2)C(=O)N1. The molecule has 2 N–H and O–H groups in total. The van der Waals surface area contributed by atoms with E-state index >= 15 is 0 Å². The van der Waals surface area contributed by atoms with Gasteiger partial charge in [0.15, 0.2) is 6.61 Å². The number of para-hydroxylation sites is 1. The van der Waals surface area contributed by atoms with Gasteiger partial charge in [0.2, 0.25) is 5.91 Å². The van der Waals surface area contributed by atoms with Crippen molar-refractivity contribution >= 4 is 34.6 Å². The summed E-state index contributed by atoms with van der Waals surface area (Å²) in [5.41, 5.74) is 0.111. The first-order chi connectivity index (χ1) is 13.5. The Labute approximate surface area is 161 Å². The molecule has 1 aromatic heterocycles. The van der Waals surface area contributed by atoms with Crippen molar-refractivity contribution in [3.05, 3.63) is 36.0 Å². The molecule has 1 aromatic carbocycles. The van der Waals surface area contributed by atoms with Crippen molar-refractivity contribution in [2.24, 2.45) is 0 Å². The Balaban J connectivity index is 1.49. The second-order valence-electron chi connectivity index (χ2n) is 7.27. The van der Waals surface area contributed by atoms with Crippen molar-refractivity contribution in [3.8, 4) is 0 Å². The maximum atomic E-state index is 12.8. The highest BCUT2D eigenvalue weighted by molar-refractivity contribution is 6.07. The number of aromatic nitrogens is 1. The Morgan fingerprint density at radius 3 is 2.64 bits per heavy atom. The number of hydrogen-bond acceptors (Lipinski definition) is 5. The number of fused-ring (bicyclic) bond motifs is 1. The molecule has 146 valence electrons. The summed E-state index contributed by atoms with van der Waals surface area (Å²) in [6, 6.07) is 7.28. The van der Waals surface area contributed by atoms with E-state index in [1.54, 1.807) is 6.07 Å². The number of aromatic amines is 1. The largest absolute Gasteiger partial charge is 0.452 e. The highest BCUT2D eigenvalue weighted by Crippen LogP contribution is 2.35. The number of ether oxygens (including phenoxy) is 1. The van der Waals surface area contributed by atoms with Crippen molar-refractivity contribution in [2.75, 3.05) is 13.2 Å². The van der Waals surface area contributed by atoms with Gasteiger partial charge < -0.3 is 14.6 Å². The topological polar surface area (TPSA) is 109 Å². The Kier molecular flexibility index (Phi) is 4.62. The third-order valence-electron chi connectivity index (χ3n) is 5.61. The predicted octanol–water partition coefficient (Wildman–Crippen LogP) is 1.51. The molecule has 1 saturated carbocycles. The van der Waals surface area contributed by atoms with E-state index < -0.39 is 35.8 Å². The number of nitrogens with zero attached hydrogens (tertiary/aromatic N) is 1. The van der Waals surface area contributed by atoms with Gasteiger partial charge in [0.1, 0.15) is 12.1 Å². The van der Waals surface area contributed by atoms with Gasteiger partial charge in [0, 0.05) is 17.1 Å². The zero-order valence-corrected chi connectivity index (χ0v) is 15.3. The van der Waals surface area contributed by atoms with Gasteiger partial charge >= 0.3 is 5.97 Å². The summed E-state index contributed by atoms with van der Waals surface area (Å²) < 4.78 is 5.22. The summed E-state index contributed by atoms with van der Waals surface area (Å²) in [6.07, 6.45) is 5.15. The molecule has 0 bridgehead atoms. The van der Waals surface area contributed by atoms with E-state index in [-0.39, 0.29) is 6.54 Å². The normalized spacial score (nSPS) is 18.9. The van der Waals surface area contributed by atoms with Gasteiger partial charge in [0.25, 0.3) is 11.8 Å². The number of rotatable bonds is 3. The van der Waals surface area contributed by atoms with Crippen LogP contribution in [-0.2, 0) is 19.1 Å². The number of nitrogens with one attached hydrogen (secondary N) is 2. The molecule has 1 aliphatic heterocycles. The average molecular weight is 383 g/mol. The van der Waals surface area contributed by atoms with Crippen LogP contribution >= 0.6 is 0 Å². The number of imide groups is 1. The van der Waals surface area contributed by atoms with E-state index in [2.05, 4.69) is 10.3 Å². The monoisotopic (exact) mass is 383 g/mol. The summed E-state index contributed by atoms with van der Waals surface area (Å²) in [4.78, 5) is 53.9. The molecule has 0 radical (unpaired) electrons. The first-order valence-corrected chi connectivity index (χ1v) is 9.39. The number of H-pyrrole nitrogens is 1. The minimum absolute atomic E-state index is 0.199. The number of benzene rings is 1. The van der Waals surface area contributed by atoms with Crippen LogP contribution in [0.15, 0.2) is 30.5 Å². The number of piperazine rings is 1. The molecule has 0 atom stereocenters.